The molecule has 1 aromatic heterocycles. The van der Waals surface area contributed by atoms with Crippen molar-refractivity contribution in [1.82, 2.24) is 10.3 Å². The van der Waals surface area contributed by atoms with Crippen molar-refractivity contribution in [1.29, 1.82) is 0 Å². The summed E-state index contributed by atoms with van der Waals surface area (Å²) in [6, 6.07) is 39.7. The molecule has 2 atom stereocenters. The predicted octanol–water partition coefficient (Wildman–Crippen LogP) is 9.70. The molecule has 6 rings (SSSR count). The van der Waals surface area contributed by atoms with Crippen LogP contribution in [0.1, 0.15) is 60.1 Å². The van der Waals surface area contributed by atoms with Gasteiger partial charge in [0.05, 0.1) is 11.6 Å². The Morgan fingerprint density at radius 2 is 1.41 bits per heavy atom. The fraction of sp³-hybridized carbons (Fsp3) is 0.261. The Bertz CT molecular complexity index is 2160. The molecule has 0 saturated carbocycles. The summed E-state index contributed by atoms with van der Waals surface area (Å²) in [6.07, 6.45) is 0.946. The number of esters is 1. The number of amides is 1. The second kappa shape index (κ2) is 17.3. The number of aromatic amines is 1. The number of benzene rings is 5. The van der Waals surface area contributed by atoms with Crippen LogP contribution in [-0.2, 0) is 34.7 Å². The number of aryl methyl sites for hydroxylation is 3. The quantitative estimate of drug-likeness (QED) is 0.0909. The Kier molecular flexibility index (Phi) is 12.1. The molecule has 278 valence electrons. The van der Waals surface area contributed by atoms with E-state index in [0.29, 0.717) is 38.2 Å². The Labute approximate surface area is 317 Å². The van der Waals surface area contributed by atoms with Crippen molar-refractivity contribution in [2.45, 2.75) is 65.7 Å². The molecular formula is C46H49N3O5. The molecule has 2 unspecified atom stereocenters. The van der Waals surface area contributed by atoms with Crippen LogP contribution in [-0.4, -0.2) is 23.6 Å². The van der Waals surface area contributed by atoms with E-state index in [1.807, 2.05) is 111 Å². The van der Waals surface area contributed by atoms with Gasteiger partial charge in [0.15, 0.2) is 0 Å². The molecule has 0 spiro atoms. The maximum Gasteiger partial charge on any atom is 0.412 e. The van der Waals surface area contributed by atoms with Gasteiger partial charge >= 0.3 is 12.1 Å². The number of aromatic nitrogens is 1. The molecule has 0 fully saturated rings. The highest BCUT2D eigenvalue weighted by atomic mass is 16.6. The van der Waals surface area contributed by atoms with E-state index in [0.717, 1.165) is 61.3 Å². The number of hydrogen-bond donors (Lipinski definition) is 3. The van der Waals surface area contributed by atoms with Gasteiger partial charge in [-0.3, -0.25) is 4.79 Å². The number of nitrogens with two attached hydrogens (primary N) is 1. The number of H-pyrrole nitrogens is 1. The normalized spacial score (nSPS) is 12.8. The molecule has 1 heterocycles. The first-order valence-corrected chi connectivity index (χ1v) is 18.5. The van der Waals surface area contributed by atoms with Gasteiger partial charge in [-0.2, -0.15) is 0 Å². The zero-order valence-corrected chi connectivity index (χ0v) is 31.5. The van der Waals surface area contributed by atoms with E-state index in [4.69, 9.17) is 19.9 Å². The largest absolute Gasteiger partial charge is 0.489 e. The molecule has 8 nitrogen and oxygen atoms in total. The minimum atomic E-state index is -1.01. The average molecular weight is 724 g/mol. The zero-order valence-electron chi connectivity index (χ0n) is 31.5. The number of ether oxygens (including phenoxy) is 3. The maximum absolute atomic E-state index is 14.0. The summed E-state index contributed by atoms with van der Waals surface area (Å²) in [7, 11) is 0. The molecule has 8 heteroatoms. The topological polar surface area (TPSA) is 116 Å². The Balaban J connectivity index is 1.30. The highest BCUT2D eigenvalue weighted by Crippen LogP contribution is 2.42. The van der Waals surface area contributed by atoms with Gasteiger partial charge in [0.25, 0.3) is 0 Å². The summed E-state index contributed by atoms with van der Waals surface area (Å²) in [4.78, 5) is 30.0. The minimum absolute atomic E-state index is 0.173. The highest BCUT2D eigenvalue weighted by Gasteiger charge is 2.35. The van der Waals surface area contributed by atoms with Crippen molar-refractivity contribution in [2.24, 2.45) is 11.7 Å². The second-order valence-electron chi connectivity index (χ2n) is 14.2. The van der Waals surface area contributed by atoms with Crippen molar-refractivity contribution >= 4 is 23.0 Å². The van der Waals surface area contributed by atoms with Crippen LogP contribution in [0.5, 0.6) is 11.5 Å². The number of carbonyl (C=O) groups excluding carboxylic acids is 2. The molecule has 6 aromatic rings. The number of rotatable bonds is 15. The second-order valence-corrected chi connectivity index (χ2v) is 14.2. The Morgan fingerprint density at radius 1 is 0.778 bits per heavy atom. The van der Waals surface area contributed by atoms with E-state index in [1.54, 1.807) is 6.07 Å². The summed E-state index contributed by atoms with van der Waals surface area (Å²) < 4.78 is 17.6. The van der Waals surface area contributed by atoms with Crippen molar-refractivity contribution in [2.75, 3.05) is 6.54 Å². The zero-order chi connectivity index (χ0) is 38.1. The van der Waals surface area contributed by atoms with Gasteiger partial charge < -0.3 is 30.2 Å². The maximum atomic E-state index is 14.0. The highest BCUT2D eigenvalue weighted by molar-refractivity contribution is 5.93. The van der Waals surface area contributed by atoms with Gasteiger partial charge in [0, 0.05) is 28.6 Å². The van der Waals surface area contributed by atoms with Gasteiger partial charge in [-0.15, -0.1) is 0 Å². The standard InChI is InChI=1S/C46H49N3O5/c1-5-48-45(51)54-39-22-23-41-40(27-39)42(43(49-41)37-25-31(2)24-32(3)26-37)46(4,47)28-36(44(50)53-30-35-14-10-7-11-15-35)19-16-33-17-20-38(21-18-33)52-29-34-12-8-6-9-13-34/h6-15,17-18,20-27,36,49H,5,16,19,28-30,47H2,1-4H3,(H,48,51). The first-order valence-electron chi connectivity index (χ1n) is 18.5. The van der Waals surface area contributed by atoms with Gasteiger partial charge in [-0.25, -0.2) is 4.79 Å². The number of fused-ring (bicyclic) bond motifs is 1. The lowest BCUT2D eigenvalue weighted by Crippen LogP contribution is -2.38. The van der Waals surface area contributed by atoms with Crippen LogP contribution < -0.4 is 20.5 Å². The van der Waals surface area contributed by atoms with Crippen LogP contribution in [0, 0.1) is 19.8 Å². The fourth-order valence-corrected chi connectivity index (χ4v) is 7.05. The van der Waals surface area contributed by atoms with Gasteiger partial charge in [0.1, 0.15) is 24.7 Å². The van der Waals surface area contributed by atoms with E-state index in [1.165, 1.54) is 0 Å². The van der Waals surface area contributed by atoms with Crippen LogP contribution in [0.2, 0.25) is 0 Å². The van der Waals surface area contributed by atoms with E-state index < -0.39 is 17.6 Å². The van der Waals surface area contributed by atoms with Crippen LogP contribution in [0.25, 0.3) is 22.2 Å². The van der Waals surface area contributed by atoms with Gasteiger partial charge in [0.2, 0.25) is 0 Å². The van der Waals surface area contributed by atoms with E-state index in [2.05, 4.69) is 42.3 Å². The van der Waals surface area contributed by atoms with Crippen molar-refractivity contribution in [3.05, 3.63) is 155 Å². The molecule has 0 aliphatic rings. The SMILES string of the molecule is CCNC(=O)Oc1ccc2[nH]c(-c3cc(C)cc(C)c3)c(C(C)(N)CC(CCc3ccc(OCc4ccccc4)cc3)C(=O)OCc3ccccc3)c2c1. The van der Waals surface area contributed by atoms with Crippen molar-refractivity contribution in [3.63, 3.8) is 0 Å². The lowest BCUT2D eigenvalue weighted by Gasteiger charge is -2.30. The van der Waals surface area contributed by atoms with Crippen LogP contribution in [0.3, 0.4) is 0 Å². The minimum Gasteiger partial charge on any atom is -0.489 e. The number of nitrogens with one attached hydrogen (secondary N) is 2. The van der Waals surface area contributed by atoms with E-state index >= 15 is 0 Å². The lowest BCUT2D eigenvalue weighted by atomic mass is 9.79. The molecule has 0 bridgehead atoms. The Hall–Kier alpha value is -5.86. The number of carbonyl (C=O) groups is 2. The van der Waals surface area contributed by atoms with Crippen LogP contribution >= 0.6 is 0 Å². The monoisotopic (exact) mass is 723 g/mol. The summed E-state index contributed by atoms with van der Waals surface area (Å²) in [5.74, 6) is 0.354. The number of hydrogen-bond acceptors (Lipinski definition) is 6. The van der Waals surface area contributed by atoms with Crippen molar-refractivity contribution in [3.8, 4) is 22.8 Å². The molecule has 0 saturated heterocycles. The third-order valence-corrected chi connectivity index (χ3v) is 9.56. The summed E-state index contributed by atoms with van der Waals surface area (Å²) in [5.41, 5.74) is 15.3. The van der Waals surface area contributed by atoms with Gasteiger partial charge in [-0.05, 0) is 112 Å². The molecule has 0 radical (unpaired) electrons. The molecule has 5 aromatic carbocycles. The lowest BCUT2D eigenvalue weighted by molar-refractivity contribution is -0.151. The molecule has 4 N–H and O–H groups in total. The first-order chi connectivity index (χ1) is 26.1. The fourth-order valence-electron chi connectivity index (χ4n) is 7.05. The molecule has 54 heavy (non-hydrogen) atoms. The van der Waals surface area contributed by atoms with Crippen LogP contribution in [0.4, 0.5) is 4.79 Å². The average Bonchev–Trinajstić information content (AvgIpc) is 3.56. The first kappa shape index (κ1) is 37.9. The van der Waals surface area contributed by atoms with E-state index in [9.17, 15) is 9.59 Å². The summed E-state index contributed by atoms with van der Waals surface area (Å²) >= 11 is 0. The van der Waals surface area contributed by atoms with E-state index in [-0.39, 0.29) is 12.6 Å². The summed E-state index contributed by atoms with van der Waals surface area (Å²) in [6.45, 7) is 9.05. The van der Waals surface area contributed by atoms with Gasteiger partial charge in [-0.1, -0.05) is 90.0 Å². The predicted molar refractivity (Wildman–Crippen MR) is 214 cm³/mol. The molecule has 0 aliphatic heterocycles. The smallest absolute Gasteiger partial charge is 0.412 e. The van der Waals surface area contributed by atoms with Crippen LogP contribution in [0.15, 0.2) is 121 Å². The van der Waals surface area contributed by atoms with Crippen molar-refractivity contribution < 1.29 is 23.8 Å². The summed E-state index contributed by atoms with van der Waals surface area (Å²) in [5, 5.41) is 3.50. The third kappa shape index (κ3) is 9.76. The molecule has 0 aliphatic carbocycles. The Morgan fingerprint density at radius 3 is 2.06 bits per heavy atom. The molecular weight excluding hydrogens is 675 g/mol. The molecule has 1 amide bonds. The third-order valence-electron chi connectivity index (χ3n) is 9.56.